The number of nitrogens with zero attached hydrogens (tertiary/aromatic N) is 2. The highest BCUT2D eigenvalue weighted by Crippen LogP contribution is 2.36. The van der Waals surface area contributed by atoms with E-state index < -0.39 is 10.0 Å². The van der Waals surface area contributed by atoms with Crippen LogP contribution in [0, 0.1) is 13.8 Å². The van der Waals surface area contributed by atoms with Gasteiger partial charge in [0.1, 0.15) is 0 Å². The highest BCUT2D eigenvalue weighted by atomic mass is 32.2. The lowest BCUT2D eigenvalue weighted by Crippen LogP contribution is -2.17. The number of fused-ring (bicyclic) bond motifs is 2. The van der Waals surface area contributed by atoms with Gasteiger partial charge in [0.2, 0.25) is 6.79 Å². The van der Waals surface area contributed by atoms with Gasteiger partial charge >= 0.3 is 0 Å². The van der Waals surface area contributed by atoms with E-state index in [0.717, 1.165) is 5.56 Å². The summed E-state index contributed by atoms with van der Waals surface area (Å²) in [5, 5.41) is 3.16. The monoisotopic (exact) mass is 448 g/mol. The van der Waals surface area contributed by atoms with Gasteiger partial charge in [-0.05, 0) is 55.3 Å². The fourth-order valence-electron chi connectivity index (χ4n) is 3.45. The predicted molar refractivity (Wildman–Crippen MR) is 122 cm³/mol. The maximum atomic E-state index is 13.2. The second kappa shape index (κ2) is 7.69. The second-order valence-corrected chi connectivity index (χ2v) is 9.13. The van der Waals surface area contributed by atoms with E-state index in [1.54, 1.807) is 43.3 Å². The Balaban J connectivity index is 1.57. The lowest BCUT2D eigenvalue weighted by molar-refractivity contribution is 0.174. The molecule has 0 bridgehead atoms. The van der Waals surface area contributed by atoms with Crippen LogP contribution < -0.4 is 19.5 Å². The molecule has 8 nitrogen and oxygen atoms in total. The Hall–Kier alpha value is -3.85. The minimum absolute atomic E-state index is 0.0993. The predicted octanol–water partition coefficient (Wildman–Crippen LogP) is 4.52. The molecule has 32 heavy (non-hydrogen) atoms. The van der Waals surface area contributed by atoms with Crippen LogP contribution in [0.1, 0.15) is 11.1 Å². The molecule has 4 aromatic rings. The quantitative estimate of drug-likeness (QED) is 0.463. The van der Waals surface area contributed by atoms with Crippen LogP contribution in [0.5, 0.6) is 11.5 Å². The SMILES string of the molecule is Cc1ccc(C)c(S(=O)(=O)Nc2nc3ccccc3nc2Nc2ccc3c(c2)OCO3)c1. The summed E-state index contributed by atoms with van der Waals surface area (Å²) >= 11 is 0. The average molecular weight is 449 g/mol. The fourth-order valence-corrected chi connectivity index (χ4v) is 4.79. The van der Waals surface area contributed by atoms with Crippen LogP contribution in [-0.4, -0.2) is 25.2 Å². The zero-order chi connectivity index (χ0) is 22.3. The van der Waals surface area contributed by atoms with E-state index in [9.17, 15) is 8.42 Å². The number of ether oxygens (including phenoxy) is 2. The lowest BCUT2D eigenvalue weighted by atomic mass is 10.2. The average Bonchev–Trinajstić information content (AvgIpc) is 3.23. The molecule has 1 aromatic heterocycles. The largest absolute Gasteiger partial charge is 0.454 e. The van der Waals surface area contributed by atoms with Crippen molar-refractivity contribution in [1.29, 1.82) is 0 Å². The van der Waals surface area contributed by atoms with Gasteiger partial charge in [-0.25, -0.2) is 18.4 Å². The molecule has 0 spiro atoms. The van der Waals surface area contributed by atoms with E-state index in [1.165, 1.54) is 0 Å². The number of para-hydroxylation sites is 2. The Labute approximate surface area is 185 Å². The van der Waals surface area contributed by atoms with Crippen molar-refractivity contribution in [1.82, 2.24) is 9.97 Å². The van der Waals surface area contributed by atoms with Crippen LogP contribution in [-0.2, 0) is 10.0 Å². The number of hydrogen-bond acceptors (Lipinski definition) is 7. The molecule has 162 valence electrons. The van der Waals surface area contributed by atoms with Crippen LogP contribution in [0.2, 0.25) is 0 Å². The molecule has 0 fully saturated rings. The van der Waals surface area contributed by atoms with Crippen molar-refractivity contribution in [3.05, 3.63) is 71.8 Å². The van der Waals surface area contributed by atoms with Crippen LogP contribution in [0.4, 0.5) is 17.3 Å². The van der Waals surface area contributed by atoms with Crippen molar-refractivity contribution in [3.8, 4) is 11.5 Å². The van der Waals surface area contributed by atoms with Gasteiger partial charge in [-0.15, -0.1) is 0 Å². The Morgan fingerprint density at radius 1 is 0.844 bits per heavy atom. The van der Waals surface area contributed by atoms with E-state index in [1.807, 2.05) is 31.2 Å². The molecule has 0 amide bonds. The summed E-state index contributed by atoms with van der Waals surface area (Å²) < 4.78 is 39.8. The van der Waals surface area contributed by atoms with Gasteiger partial charge in [0.15, 0.2) is 23.1 Å². The fraction of sp³-hybridized carbons (Fsp3) is 0.130. The smallest absolute Gasteiger partial charge is 0.263 e. The summed E-state index contributed by atoms with van der Waals surface area (Å²) in [5.41, 5.74) is 3.35. The molecule has 0 radical (unpaired) electrons. The standard InChI is InChI=1S/C23H20N4O4S/c1-14-7-8-15(2)21(11-14)32(28,29)27-23-22(25-17-5-3-4-6-18(17)26-23)24-16-9-10-19-20(12-16)31-13-30-19/h3-12H,13H2,1-2H3,(H,24,25)(H,26,27). The van der Waals surface area contributed by atoms with Crippen molar-refractivity contribution < 1.29 is 17.9 Å². The van der Waals surface area contributed by atoms with Gasteiger partial charge in [-0.3, -0.25) is 4.72 Å². The molecular weight excluding hydrogens is 428 g/mol. The number of rotatable bonds is 5. The molecule has 0 atom stereocenters. The highest BCUT2D eigenvalue weighted by Gasteiger charge is 2.22. The zero-order valence-corrected chi connectivity index (χ0v) is 18.2. The van der Waals surface area contributed by atoms with E-state index in [2.05, 4.69) is 20.0 Å². The van der Waals surface area contributed by atoms with Crippen molar-refractivity contribution in [2.75, 3.05) is 16.8 Å². The number of aryl methyl sites for hydroxylation is 2. The van der Waals surface area contributed by atoms with Crippen LogP contribution in [0.3, 0.4) is 0 Å². The summed E-state index contributed by atoms with van der Waals surface area (Å²) in [7, 11) is -3.90. The molecule has 1 aliphatic rings. The summed E-state index contributed by atoms with van der Waals surface area (Å²) in [4.78, 5) is 9.34. The maximum absolute atomic E-state index is 13.2. The van der Waals surface area contributed by atoms with E-state index in [4.69, 9.17) is 9.47 Å². The topological polar surface area (TPSA) is 102 Å². The first-order valence-electron chi connectivity index (χ1n) is 9.93. The number of hydrogen-bond donors (Lipinski definition) is 2. The maximum Gasteiger partial charge on any atom is 0.263 e. The van der Waals surface area contributed by atoms with Gasteiger partial charge in [0, 0.05) is 11.8 Å². The minimum atomic E-state index is -3.90. The van der Waals surface area contributed by atoms with Crippen molar-refractivity contribution in [3.63, 3.8) is 0 Å². The summed E-state index contributed by atoms with van der Waals surface area (Å²) in [6.07, 6.45) is 0. The zero-order valence-electron chi connectivity index (χ0n) is 17.4. The summed E-state index contributed by atoms with van der Waals surface area (Å²) in [6.45, 7) is 3.77. The number of aromatic nitrogens is 2. The van der Waals surface area contributed by atoms with E-state index >= 15 is 0 Å². The first-order valence-corrected chi connectivity index (χ1v) is 11.4. The van der Waals surface area contributed by atoms with Gasteiger partial charge < -0.3 is 14.8 Å². The number of sulfonamides is 1. The molecule has 2 N–H and O–H groups in total. The third-order valence-electron chi connectivity index (χ3n) is 5.07. The molecule has 0 unspecified atom stereocenters. The Morgan fingerprint density at radius 3 is 2.34 bits per heavy atom. The minimum Gasteiger partial charge on any atom is -0.454 e. The van der Waals surface area contributed by atoms with Crippen LogP contribution in [0.15, 0.2) is 65.6 Å². The normalized spacial score (nSPS) is 12.7. The Kier molecular flexibility index (Phi) is 4.82. The van der Waals surface area contributed by atoms with E-state index in [0.29, 0.717) is 33.8 Å². The summed E-state index contributed by atoms with van der Waals surface area (Å²) in [5.74, 6) is 1.62. The molecule has 9 heteroatoms. The van der Waals surface area contributed by atoms with Gasteiger partial charge in [-0.1, -0.05) is 24.3 Å². The molecule has 0 saturated carbocycles. The molecule has 0 saturated heterocycles. The van der Waals surface area contributed by atoms with Crippen LogP contribution in [0.25, 0.3) is 11.0 Å². The third kappa shape index (κ3) is 3.78. The molecule has 0 aliphatic carbocycles. The molecule has 3 aromatic carbocycles. The molecule has 2 heterocycles. The molecular formula is C23H20N4O4S. The van der Waals surface area contributed by atoms with Gasteiger partial charge in [-0.2, -0.15) is 0 Å². The first-order chi connectivity index (χ1) is 15.4. The van der Waals surface area contributed by atoms with Crippen molar-refractivity contribution in [2.24, 2.45) is 0 Å². The third-order valence-corrected chi connectivity index (χ3v) is 6.55. The highest BCUT2D eigenvalue weighted by molar-refractivity contribution is 7.92. The Bertz CT molecular complexity index is 1450. The van der Waals surface area contributed by atoms with E-state index in [-0.39, 0.29) is 23.3 Å². The molecule has 1 aliphatic heterocycles. The van der Waals surface area contributed by atoms with Crippen molar-refractivity contribution >= 4 is 38.4 Å². The first kappa shape index (κ1) is 20.1. The van der Waals surface area contributed by atoms with Gasteiger partial charge in [0.05, 0.1) is 15.9 Å². The van der Waals surface area contributed by atoms with Crippen LogP contribution >= 0.6 is 0 Å². The number of anilines is 3. The number of benzene rings is 3. The Morgan fingerprint density at radius 2 is 1.56 bits per heavy atom. The molecule has 5 rings (SSSR count). The second-order valence-electron chi connectivity index (χ2n) is 7.48. The lowest BCUT2D eigenvalue weighted by Gasteiger charge is -2.15. The van der Waals surface area contributed by atoms with Crippen molar-refractivity contribution in [2.45, 2.75) is 18.7 Å². The van der Waals surface area contributed by atoms with Gasteiger partial charge in [0.25, 0.3) is 10.0 Å². The summed E-state index contributed by atoms with van der Waals surface area (Å²) in [6, 6.07) is 17.9. The number of nitrogens with one attached hydrogen (secondary N) is 2.